The minimum Gasteiger partial charge on any atom is -0.381 e. The molecule has 0 unspecified atom stereocenters. The van der Waals surface area contributed by atoms with E-state index in [1.54, 1.807) is 0 Å². The molecule has 2 aliphatic rings. The molecule has 6 rings (SSSR count). The van der Waals surface area contributed by atoms with E-state index in [1.165, 1.54) is 39.0 Å². The fraction of sp³-hybridized carbons (Fsp3) is 0.471. The number of H-pyrrole nitrogens is 1. The van der Waals surface area contributed by atoms with Gasteiger partial charge in [0.2, 0.25) is 0 Å². The minimum absolute atomic E-state index is 0.0266. The number of nitrogens with zero attached hydrogens (tertiary/aromatic N) is 4. The standard InChI is InChI=1S/C34H43N5O/c1-21(2)24-12-11-22(3)29(17-24)38-15-13-27-26(19-38)33(39-16-14-30(40-7)34(5,6)20-39)37-32(36-27)25-9-8-10-28-31(25)23(4)18-35-28/h8-12,17-18,21,30,35H,13-16,19-20H2,1-7H3/t30-/m1/s1. The number of hydrogen-bond acceptors (Lipinski definition) is 5. The lowest BCUT2D eigenvalue weighted by molar-refractivity contribution is -0.00647. The van der Waals surface area contributed by atoms with E-state index in [0.717, 1.165) is 61.7 Å². The molecule has 1 atom stereocenters. The summed E-state index contributed by atoms with van der Waals surface area (Å²) in [6.45, 7) is 17.2. The molecule has 1 fully saturated rings. The highest BCUT2D eigenvalue weighted by Crippen LogP contribution is 2.39. The van der Waals surface area contributed by atoms with Crippen molar-refractivity contribution >= 4 is 22.4 Å². The van der Waals surface area contributed by atoms with Crippen LogP contribution in [0.2, 0.25) is 0 Å². The number of anilines is 2. The van der Waals surface area contributed by atoms with Crippen molar-refractivity contribution in [1.82, 2.24) is 15.0 Å². The van der Waals surface area contributed by atoms with Crippen LogP contribution in [0.1, 0.15) is 68.0 Å². The second-order valence-electron chi connectivity index (χ2n) is 12.8. The van der Waals surface area contributed by atoms with Gasteiger partial charge in [0, 0.05) is 79.0 Å². The van der Waals surface area contributed by atoms with Crippen LogP contribution in [0.4, 0.5) is 11.5 Å². The van der Waals surface area contributed by atoms with Crippen LogP contribution in [0.5, 0.6) is 0 Å². The van der Waals surface area contributed by atoms with E-state index in [0.29, 0.717) is 5.92 Å². The molecule has 1 saturated heterocycles. The normalized spacial score (nSPS) is 18.9. The Morgan fingerprint density at radius 3 is 2.60 bits per heavy atom. The van der Waals surface area contributed by atoms with E-state index in [4.69, 9.17) is 14.7 Å². The number of aryl methyl sites for hydroxylation is 2. The van der Waals surface area contributed by atoms with Crippen LogP contribution in [-0.2, 0) is 17.7 Å². The number of fused-ring (bicyclic) bond motifs is 2. The molecule has 40 heavy (non-hydrogen) atoms. The first kappa shape index (κ1) is 26.8. The first-order valence-electron chi connectivity index (χ1n) is 14.8. The summed E-state index contributed by atoms with van der Waals surface area (Å²) >= 11 is 0. The van der Waals surface area contributed by atoms with Crippen LogP contribution in [0.15, 0.2) is 42.6 Å². The highest BCUT2D eigenvalue weighted by molar-refractivity contribution is 5.96. The van der Waals surface area contributed by atoms with Crippen LogP contribution < -0.4 is 9.80 Å². The summed E-state index contributed by atoms with van der Waals surface area (Å²) in [6, 6.07) is 13.4. The van der Waals surface area contributed by atoms with Gasteiger partial charge in [0.1, 0.15) is 5.82 Å². The Labute approximate surface area is 238 Å². The number of rotatable bonds is 5. The zero-order chi connectivity index (χ0) is 28.2. The van der Waals surface area contributed by atoms with Gasteiger partial charge in [0.25, 0.3) is 0 Å². The SMILES string of the molecule is CO[C@@H]1CCN(c2nc(-c3cccc4[nH]cc(C)c34)nc3c2CN(c2cc(C(C)C)ccc2C)CC3)CC1(C)C. The second-order valence-corrected chi connectivity index (χ2v) is 12.8. The monoisotopic (exact) mass is 537 g/mol. The van der Waals surface area contributed by atoms with Gasteiger partial charge in [-0.25, -0.2) is 9.97 Å². The van der Waals surface area contributed by atoms with Crippen molar-refractivity contribution in [1.29, 1.82) is 0 Å². The zero-order valence-corrected chi connectivity index (χ0v) is 25.1. The molecule has 0 spiro atoms. The van der Waals surface area contributed by atoms with Crippen LogP contribution in [0, 0.1) is 19.3 Å². The third-order valence-electron chi connectivity index (χ3n) is 9.14. The van der Waals surface area contributed by atoms with Crippen LogP contribution in [-0.4, -0.2) is 47.8 Å². The van der Waals surface area contributed by atoms with Crippen molar-refractivity contribution in [2.24, 2.45) is 5.41 Å². The highest BCUT2D eigenvalue weighted by atomic mass is 16.5. The number of nitrogens with one attached hydrogen (secondary N) is 1. The number of benzene rings is 2. The molecule has 2 aliphatic heterocycles. The van der Waals surface area contributed by atoms with E-state index >= 15 is 0 Å². The van der Waals surface area contributed by atoms with Gasteiger partial charge in [0.15, 0.2) is 5.82 Å². The Morgan fingerprint density at radius 2 is 1.85 bits per heavy atom. The molecule has 2 aromatic carbocycles. The number of aromatic nitrogens is 3. The van der Waals surface area contributed by atoms with Gasteiger partial charge in [-0.2, -0.15) is 0 Å². The molecule has 6 nitrogen and oxygen atoms in total. The Morgan fingerprint density at radius 1 is 1.02 bits per heavy atom. The summed E-state index contributed by atoms with van der Waals surface area (Å²) in [7, 11) is 1.85. The fourth-order valence-corrected chi connectivity index (χ4v) is 6.81. The third-order valence-corrected chi connectivity index (χ3v) is 9.14. The smallest absolute Gasteiger partial charge is 0.162 e. The molecule has 4 heterocycles. The van der Waals surface area contributed by atoms with E-state index < -0.39 is 0 Å². The predicted molar refractivity (Wildman–Crippen MR) is 165 cm³/mol. The van der Waals surface area contributed by atoms with Gasteiger partial charge in [-0.3, -0.25) is 0 Å². The molecule has 0 saturated carbocycles. The van der Waals surface area contributed by atoms with Crippen molar-refractivity contribution in [2.45, 2.75) is 73.0 Å². The van der Waals surface area contributed by atoms with Gasteiger partial charge >= 0.3 is 0 Å². The summed E-state index contributed by atoms with van der Waals surface area (Å²) in [5.41, 5.74) is 9.99. The summed E-state index contributed by atoms with van der Waals surface area (Å²) in [5, 5.41) is 1.21. The van der Waals surface area contributed by atoms with E-state index in [2.05, 4.69) is 98.9 Å². The predicted octanol–water partition coefficient (Wildman–Crippen LogP) is 7.18. The maximum atomic E-state index is 5.90. The molecular weight excluding hydrogens is 494 g/mol. The molecule has 1 N–H and O–H groups in total. The van der Waals surface area contributed by atoms with Crippen LogP contribution in [0.25, 0.3) is 22.3 Å². The Bertz CT molecular complexity index is 1550. The number of piperidine rings is 1. The first-order valence-corrected chi connectivity index (χ1v) is 14.8. The molecule has 210 valence electrons. The van der Waals surface area contributed by atoms with Crippen molar-refractivity contribution in [3.63, 3.8) is 0 Å². The Hall–Kier alpha value is -3.38. The van der Waals surface area contributed by atoms with Crippen molar-refractivity contribution < 1.29 is 4.74 Å². The van der Waals surface area contributed by atoms with Gasteiger partial charge < -0.3 is 19.5 Å². The molecule has 0 amide bonds. The fourth-order valence-electron chi connectivity index (χ4n) is 6.81. The lowest BCUT2D eigenvalue weighted by atomic mass is 9.81. The minimum atomic E-state index is 0.0266. The molecule has 2 aromatic heterocycles. The Balaban J connectivity index is 1.47. The lowest BCUT2D eigenvalue weighted by Crippen LogP contribution is -2.50. The number of ether oxygens (including phenoxy) is 1. The molecular formula is C34H43N5O. The zero-order valence-electron chi connectivity index (χ0n) is 25.1. The molecule has 0 aliphatic carbocycles. The van der Waals surface area contributed by atoms with Crippen LogP contribution >= 0.6 is 0 Å². The van der Waals surface area contributed by atoms with Crippen LogP contribution in [0.3, 0.4) is 0 Å². The van der Waals surface area contributed by atoms with Crippen molar-refractivity contribution in [3.05, 3.63) is 70.5 Å². The van der Waals surface area contributed by atoms with Gasteiger partial charge in [0.05, 0.1) is 11.8 Å². The van der Waals surface area contributed by atoms with Gasteiger partial charge in [-0.15, -0.1) is 0 Å². The summed E-state index contributed by atoms with van der Waals surface area (Å²) in [4.78, 5) is 19.1. The maximum absolute atomic E-state index is 5.90. The lowest BCUT2D eigenvalue weighted by Gasteiger charge is -2.45. The van der Waals surface area contributed by atoms with Gasteiger partial charge in [-0.1, -0.05) is 52.0 Å². The summed E-state index contributed by atoms with van der Waals surface area (Å²) in [6.07, 6.45) is 4.22. The number of methoxy groups -OCH3 is 1. The topological polar surface area (TPSA) is 57.3 Å². The molecule has 0 radical (unpaired) electrons. The number of aromatic amines is 1. The average molecular weight is 538 g/mol. The molecule has 4 aromatic rings. The summed E-state index contributed by atoms with van der Waals surface area (Å²) < 4.78 is 5.90. The Kier molecular flexibility index (Phi) is 6.86. The molecule has 0 bridgehead atoms. The largest absolute Gasteiger partial charge is 0.381 e. The van der Waals surface area contributed by atoms with E-state index in [-0.39, 0.29) is 11.5 Å². The highest BCUT2D eigenvalue weighted by Gasteiger charge is 2.38. The quantitative estimate of drug-likeness (QED) is 0.292. The van der Waals surface area contributed by atoms with E-state index in [9.17, 15) is 0 Å². The second kappa shape index (κ2) is 10.2. The van der Waals surface area contributed by atoms with Crippen molar-refractivity contribution in [2.75, 3.05) is 36.5 Å². The van der Waals surface area contributed by atoms with Crippen molar-refractivity contribution in [3.8, 4) is 11.4 Å². The average Bonchev–Trinajstić information content (AvgIpc) is 3.32. The van der Waals surface area contributed by atoms with Gasteiger partial charge in [-0.05, 0) is 55.0 Å². The summed E-state index contributed by atoms with van der Waals surface area (Å²) in [5.74, 6) is 2.43. The first-order chi connectivity index (χ1) is 19.2. The number of hydrogen-bond donors (Lipinski definition) is 1. The van der Waals surface area contributed by atoms with E-state index in [1.807, 2.05) is 7.11 Å². The molecule has 6 heteroatoms. The third kappa shape index (κ3) is 4.66. The maximum Gasteiger partial charge on any atom is 0.162 e.